The number of amides is 2. The summed E-state index contributed by atoms with van der Waals surface area (Å²) in [5.41, 5.74) is 3.38. The molecule has 7 nitrogen and oxygen atoms in total. The maximum atomic E-state index is 13.9. The highest BCUT2D eigenvalue weighted by atomic mass is 35.5. The van der Waals surface area contributed by atoms with Crippen LogP contribution in [0, 0.1) is 5.92 Å². The molecule has 1 fully saturated rings. The van der Waals surface area contributed by atoms with Crippen molar-refractivity contribution in [3.63, 3.8) is 0 Å². The van der Waals surface area contributed by atoms with Crippen LogP contribution in [0.5, 0.6) is 0 Å². The summed E-state index contributed by atoms with van der Waals surface area (Å²) in [6.45, 7) is 10.3. The molecule has 2 aliphatic rings. The van der Waals surface area contributed by atoms with E-state index in [-0.39, 0.29) is 17.7 Å². The van der Waals surface area contributed by atoms with Crippen LogP contribution in [0.15, 0.2) is 42.5 Å². The molecule has 0 saturated carbocycles. The number of hydrogen-bond donors (Lipinski definition) is 0. The molecule has 0 unspecified atom stereocenters. The molecule has 0 radical (unpaired) electrons. The topological polar surface area (TPSA) is 56.3 Å². The Morgan fingerprint density at radius 2 is 1.70 bits per heavy atom. The van der Waals surface area contributed by atoms with Crippen LogP contribution in [0.2, 0.25) is 5.02 Å². The van der Waals surface area contributed by atoms with E-state index in [0.717, 1.165) is 49.5 Å². The van der Waals surface area contributed by atoms with Gasteiger partial charge in [0.15, 0.2) is 0 Å². The zero-order valence-electron chi connectivity index (χ0n) is 22.3. The van der Waals surface area contributed by atoms with Gasteiger partial charge in [0.1, 0.15) is 0 Å². The molecule has 0 atom stereocenters. The highest BCUT2D eigenvalue weighted by Gasteiger charge is 2.25. The quantitative estimate of drug-likeness (QED) is 0.585. The molecule has 2 heterocycles. The number of benzene rings is 2. The predicted octanol–water partition coefficient (Wildman–Crippen LogP) is 4.53. The van der Waals surface area contributed by atoms with Gasteiger partial charge in [0.2, 0.25) is 5.91 Å². The molecule has 2 aromatic rings. The smallest absolute Gasteiger partial charge is 0.254 e. The molecule has 0 aromatic heterocycles. The van der Waals surface area contributed by atoms with Crippen molar-refractivity contribution in [2.45, 2.75) is 33.2 Å². The SMILES string of the molecule is CC(C)CC(=O)N1CCCN(C)CCN(C(=O)c2ccc(Cl)c(N3CCOCC3)c2)Cc2ccccc21. The first-order valence-electron chi connectivity index (χ1n) is 13.3. The van der Waals surface area contributed by atoms with E-state index in [1.165, 1.54) is 0 Å². The Labute approximate surface area is 225 Å². The van der Waals surface area contributed by atoms with Crippen LogP contribution in [0.25, 0.3) is 0 Å². The van der Waals surface area contributed by atoms with Gasteiger partial charge in [-0.05, 0) is 55.8 Å². The van der Waals surface area contributed by atoms with E-state index in [1.807, 2.05) is 52.3 Å². The molecule has 1 saturated heterocycles. The number of rotatable bonds is 4. The number of halogens is 1. The maximum absolute atomic E-state index is 13.9. The molecule has 2 aromatic carbocycles. The minimum Gasteiger partial charge on any atom is -0.378 e. The van der Waals surface area contributed by atoms with Crippen molar-refractivity contribution in [1.82, 2.24) is 9.80 Å². The summed E-state index contributed by atoms with van der Waals surface area (Å²) in [7, 11) is 2.08. The normalized spacial score (nSPS) is 17.9. The summed E-state index contributed by atoms with van der Waals surface area (Å²) < 4.78 is 5.49. The number of ether oxygens (including phenoxy) is 1. The molecule has 4 rings (SSSR count). The van der Waals surface area contributed by atoms with Crippen LogP contribution in [-0.2, 0) is 16.1 Å². The van der Waals surface area contributed by atoms with E-state index in [9.17, 15) is 9.59 Å². The van der Waals surface area contributed by atoms with Gasteiger partial charge in [0, 0.05) is 56.9 Å². The first-order chi connectivity index (χ1) is 17.8. The van der Waals surface area contributed by atoms with Crippen LogP contribution in [0.3, 0.4) is 0 Å². The lowest BCUT2D eigenvalue weighted by Gasteiger charge is -2.31. The highest BCUT2D eigenvalue weighted by molar-refractivity contribution is 6.33. The average Bonchev–Trinajstić information content (AvgIpc) is 2.92. The lowest BCUT2D eigenvalue weighted by atomic mass is 10.1. The predicted molar refractivity (Wildman–Crippen MR) is 150 cm³/mol. The fraction of sp³-hybridized carbons (Fsp3) is 0.517. The number of para-hydroxylation sites is 1. The van der Waals surface area contributed by atoms with Crippen LogP contribution in [0.4, 0.5) is 11.4 Å². The van der Waals surface area contributed by atoms with E-state index < -0.39 is 0 Å². The lowest BCUT2D eigenvalue weighted by Crippen LogP contribution is -2.38. The third-order valence-electron chi connectivity index (χ3n) is 7.03. The summed E-state index contributed by atoms with van der Waals surface area (Å²) in [4.78, 5) is 35.4. The molecular weight excluding hydrogens is 488 g/mol. The number of fused-ring (bicyclic) bond motifs is 1. The third-order valence-corrected chi connectivity index (χ3v) is 7.35. The first-order valence-corrected chi connectivity index (χ1v) is 13.7. The zero-order valence-corrected chi connectivity index (χ0v) is 23.0. The number of carbonyl (C=O) groups excluding carboxylic acids is 2. The number of likely N-dealkylation sites (N-methyl/N-ethyl adjacent to an activating group) is 1. The molecule has 8 heteroatoms. The second-order valence-corrected chi connectivity index (χ2v) is 10.8. The van der Waals surface area contributed by atoms with E-state index in [1.54, 1.807) is 0 Å². The number of hydrogen-bond acceptors (Lipinski definition) is 5. The van der Waals surface area contributed by atoms with Crippen molar-refractivity contribution in [2.75, 3.05) is 69.3 Å². The zero-order chi connectivity index (χ0) is 26.4. The molecule has 0 N–H and O–H groups in total. The largest absolute Gasteiger partial charge is 0.378 e. The van der Waals surface area contributed by atoms with Crippen LogP contribution in [0.1, 0.15) is 42.6 Å². The molecule has 2 aliphatic heterocycles. The molecule has 0 aliphatic carbocycles. The fourth-order valence-electron chi connectivity index (χ4n) is 4.98. The average molecular weight is 527 g/mol. The van der Waals surface area contributed by atoms with Gasteiger partial charge in [-0.15, -0.1) is 0 Å². The van der Waals surface area contributed by atoms with Crippen molar-refractivity contribution < 1.29 is 14.3 Å². The Balaban J connectivity index is 1.65. The standard InChI is InChI=1S/C29H39ClN4O3/c1-22(2)19-28(35)34-12-6-11-31(3)13-14-33(21-24-7-4-5-8-26(24)34)29(36)23-9-10-25(30)27(20-23)32-15-17-37-18-16-32/h4-5,7-10,20,22H,6,11-19,21H2,1-3H3. The summed E-state index contributed by atoms with van der Waals surface area (Å²) in [5.74, 6) is 0.382. The van der Waals surface area contributed by atoms with Crippen LogP contribution in [-0.4, -0.2) is 81.1 Å². The van der Waals surface area contributed by atoms with Crippen molar-refractivity contribution in [3.8, 4) is 0 Å². The Hall–Kier alpha value is -2.61. The van der Waals surface area contributed by atoms with Gasteiger partial charge in [-0.25, -0.2) is 0 Å². The molecule has 37 heavy (non-hydrogen) atoms. The maximum Gasteiger partial charge on any atom is 0.254 e. The molecule has 2 amide bonds. The minimum atomic E-state index is -0.0336. The van der Waals surface area contributed by atoms with E-state index in [2.05, 4.69) is 30.7 Å². The number of morpholine rings is 1. The summed E-state index contributed by atoms with van der Waals surface area (Å²) in [6.07, 6.45) is 1.38. The second-order valence-electron chi connectivity index (χ2n) is 10.4. The molecule has 0 bridgehead atoms. The Kier molecular flexibility index (Phi) is 9.46. The van der Waals surface area contributed by atoms with E-state index >= 15 is 0 Å². The summed E-state index contributed by atoms with van der Waals surface area (Å²) in [5, 5.41) is 0.639. The van der Waals surface area contributed by atoms with Crippen molar-refractivity contribution in [2.24, 2.45) is 5.92 Å². The summed E-state index contributed by atoms with van der Waals surface area (Å²) in [6, 6.07) is 13.5. The summed E-state index contributed by atoms with van der Waals surface area (Å²) >= 11 is 6.54. The van der Waals surface area contributed by atoms with Crippen molar-refractivity contribution in [1.29, 1.82) is 0 Å². The van der Waals surface area contributed by atoms with Crippen LogP contribution >= 0.6 is 11.6 Å². The number of anilines is 2. The fourth-order valence-corrected chi connectivity index (χ4v) is 5.22. The van der Waals surface area contributed by atoms with Gasteiger partial charge >= 0.3 is 0 Å². The monoisotopic (exact) mass is 526 g/mol. The van der Waals surface area contributed by atoms with Gasteiger partial charge in [-0.3, -0.25) is 9.59 Å². The third kappa shape index (κ3) is 7.03. The van der Waals surface area contributed by atoms with Crippen molar-refractivity contribution in [3.05, 3.63) is 58.6 Å². The van der Waals surface area contributed by atoms with E-state index in [4.69, 9.17) is 16.3 Å². The van der Waals surface area contributed by atoms with Crippen molar-refractivity contribution >= 4 is 34.8 Å². The van der Waals surface area contributed by atoms with Crippen LogP contribution < -0.4 is 9.80 Å². The Morgan fingerprint density at radius 1 is 0.946 bits per heavy atom. The number of carbonyl (C=O) groups is 2. The molecule has 200 valence electrons. The lowest BCUT2D eigenvalue weighted by molar-refractivity contribution is -0.119. The first kappa shape index (κ1) is 27.4. The second kappa shape index (κ2) is 12.8. The Bertz CT molecular complexity index is 1090. The van der Waals surface area contributed by atoms with Gasteiger partial charge in [-0.2, -0.15) is 0 Å². The molecule has 0 spiro atoms. The van der Waals surface area contributed by atoms with Gasteiger partial charge in [0.25, 0.3) is 5.91 Å². The molecular formula is C29H39ClN4O3. The Morgan fingerprint density at radius 3 is 2.46 bits per heavy atom. The van der Waals surface area contributed by atoms with Gasteiger partial charge in [-0.1, -0.05) is 43.6 Å². The van der Waals surface area contributed by atoms with Gasteiger partial charge < -0.3 is 24.3 Å². The minimum absolute atomic E-state index is 0.0336. The number of nitrogens with zero attached hydrogens (tertiary/aromatic N) is 4. The van der Waals surface area contributed by atoms with Gasteiger partial charge in [0.05, 0.1) is 23.9 Å². The van der Waals surface area contributed by atoms with E-state index in [0.29, 0.717) is 49.9 Å². The highest BCUT2D eigenvalue weighted by Crippen LogP contribution is 2.30.